The number of nitrogens with one attached hydrogen (secondary N) is 1. The van der Waals surface area contributed by atoms with E-state index in [1.807, 2.05) is 30.3 Å². The van der Waals surface area contributed by atoms with E-state index in [1.54, 1.807) is 50.4 Å². The van der Waals surface area contributed by atoms with Crippen LogP contribution in [0.4, 0.5) is 5.69 Å². The number of benzene rings is 3. The molecule has 0 spiro atoms. The molecule has 0 aliphatic carbocycles. The number of carbonyl (C=O) groups is 2. The fourth-order valence-corrected chi connectivity index (χ4v) is 3.92. The Labute approximate surface area is 230 Å². The first-order valence-electron chi connectivity index (χ1n) is 13.2. The number of ether oxygens (including phenoxy) is 5. The zero-order valence-electron chi connectivity index (χ0n) is 23.0. The summed E-state index contributed by atoms with van der Waals surface area (Å²) in [5, 5.41) is 2.85. The summed E-state index contributed by atoms with van der Waals surface area (Å²) in [6, 6.07) is 20.1. The van der Waals surface area contributed by atoms with Crippen LogP contribution in [0.3, 0.4) is 0 Å². The van der Waals surface area contributed by atoms with Gasteiger partial charge in [0.2, 0.25) is 5.91 Å². The van der Waals surface area contributed by atoms with E-state index in [4.69, 9.17) is 23.7 Å². The molecule has 208 valence electrons. The zero-order valence-corrected chi connectivity index (χ0v) is 23.0. The minimum atomic E-state index is -0.915. The van der Waals surface area contributed by atoms with Crippen LogP contribution in [-0.2, 0) is 20.9 Å². The van der Waals surface area contributed by atoms with Crippen molar-refractivity contribution in [3.63, 3.8) is 0 Å². The quantitative estimate of drug-likeness (QED) is 0.130. The second kappa shape index (κ2) is 15.3. The largest absolute Gasteiger partial charge is 0.497 e. The molecule has 3 rings (SSSR count). The molecule has 0 saturated carbocycles. The molecule has 0 radical (unpaired) electrons. The summed E-state index contributed by atoms with van der Waals surface area (Å²) in [5.41, 5.74) is 1.43. The average Bonchev–Trinajstić information content (AvgIpc) is 2.96. The number of hydrogen-bond donors (Lipinski definition) is 1. The third-order valence-corrected chi connectivity index (χ3v) is 6.03. The van der Waals surface area contributed by atoms with Gasteiger partial charge in [-0.2, -0.15) is 0 Å². The molecular weight excluding hydrogens is 498 g/mol. The lowest BCUT2D eigenvalue weighted by molar-refractivity contribution is -0.151. The van der Waals surface area contributed by atoms with Crippen molar-refractivity contribution < 1.29 is 33.3 Å². The summed E-state index contributed by atoms with van der Waals surface area (Å²) < 4.78 is 28.2. The second-order valence-electron chi connectivity index (χ2n) is 8.84. The number of methoxy groups -OCH3 is 2. The highest BCUT2D eigenvalue weighted by molar-refractivity contribution is 6.05. The predicted molar refractivity (Wildman–Crippen MR) is 150 cm³/mol. The summed E-state index contributed by atoms with van der Waals surface area (Å²) >= 11 is 0. The van der Waals surface area contributed by atoms with Crippen LogP contribution in [0, 0.1) is 5.92 Å². The van der Waals surface area contributed by atoms with Crippen molar-refractivity contribution in [1.82, 2.24) is 0 Å². The van der Waals surface area contributed by atoms with Gasteiger partial charge in [-0.25, -0.2) is 0 Å². The summed E-state index contributed by atoms with van der Waals surface area (Å²) in [5.74, 6) is 0.451. The van der Waals surface area contributed by atoms with Gasteiger partial charge in [0.25, 0.3) is 0 Å². The van der Waals surface area contributed by atoms with Gasteiger partial charge in [-0.1, -0.05) is 56.5 Å². The van der Waals surface area contributed by atoms with Crippen LogP contribution in [0.15, 0.2) is 66.7 Å². The Morgan fingerprint density at radius 2 is 1.56 bits per heavy atom. The van der Waals surface area contributed by atoms with E-state index in [2.05, 4.69) is 12.2 Å². The number of carbonyl (C=O) groups excluding carboxylic acids is 2. The lowest BCUT2D eigenvalue weighted by atomic mass is 10.00. The molecule has 0 aliphatic rings. The average molecular weight is 536 g/mol. The van der Waals surface area contributed by atoms with Gasteiger partial charge in [0.05, 0.1) is 26.5 Å². The van der Waals surface area contributed by atoms with E-state index in [0.29, 0.717) is 47.5 Å². The van der Waals surface area contributed by atoms with E-state index in [-0.39, 0.29) is 6.61 Å². The van der Waals surface area contributed by atoms with Gasteiger partial charge in [0, 0.05) is 12.1 Å². The smallest absolute Gasteiger partial charge is 0.318 e. The maximum Gasteiger partial charge on any atom is 0.318 e. The van der Waals surface area contributed by atoms with Crippen LogP contribution < -0.4 is 24.3 Å². The van der Waals surface area contributed by atoms with E-state index < -0.39 is 17.8 Å². The van der Waals surface area contributed by atoms with Crippen molar-refractivity contribution in [2.75, 3.05) is 26.1 Å². The Kier molecular flexibility index (Phi) is 11.5. The Hall–Kier alpha value is -4.20. The topological polar surface area (TPSA) is 92.3 Å². The molecule has 0 heterocycles. The number of unbranched alkanes of at least 4 members (excludes halogenated alkanes) is 2. The van der Waals surface area contributed by atoms with Crippen molar-refractivity contribution in [3.8, 4) is 28.7 Å². The molecule has 0 bridgehead atoms. The summed E-state index contributed by atoms with van der Waals surface area (Å²) in [4.78, 5) is 25.7. The molecular formula is C31H37NO7. The normalized spacial score (nSPS) is 11.3. The van der Waals surface area contributed by atoms with Gasteiger partial charge in [-0.15, -0.1) is 0 Å². The van der Waals surface area contributed by atoms with Crippen molar-refractivity contribution in [2.45, 2.75) is 46.1 Å². The molecule has 1 atom stereocenters. The van der Waals surface area contributed by atoms with Gasteiger partial charge in [-0.3, -0.25) is 9.59 Å². The molecule has 0 saturated heterocycles. The van der Waals surface area contributed by atoms with Crippen LogP contribution in [0.1, 0.15) is 45.1 Å². The maximum absolute atomic E-state index is 13.2. The highest BCUT2D eigenvalue weighted by atomic mass is 16.5. The van der Waals surface area contributed by atoms with Crippen molar-refractivity contribution >= 4 is 17.6 Å². The Balaban J connectivity index is 1.81. The van der Waals surface area contributed by atoms with Gasteiger partial charge < -0.3 is 29.0 Å². The van der Waals surface area contributed by atoms with Crippen LogP contribution in [0.25, 0.3) is 0 Å². The molecule has 0 aliphatic heterocycles. The molecule has 0 aromatic heterocycles. The van der Waals surface area contributed by atoms with E-state index >= 15 is 0 Å². The Bertz CT molecular complexity index is 1210. The first-order valence-corrected chi connectivity index (χ1v) is 13.2. The summed E-state index contributed by atoms with van der Waals surface area (Å²) in [7, 11) is 3.08. The molecule has 39 heavy (non-hydrogen) atoms. The molecule has 8 heteroatoms. The minimum Gasteiger partial charge on any atom is -0.497 e. The minimum absolute atomic E-state index is 0.206. The van der Waals surface area contributed by atoms with E-state index in [9.17, 15) is 9.59 Å². The van der Waals surface area contributed by atoms with Crippen LogP contribution in [0.2, 0.25) is 0 Å². The van der Waals surface area contributed by atoms with E-state index in [0.717, 1.165) is 24.8 Å². The standard InChI is InChI=1S/C31H37NO7/c1-5-7-9-14-25(31(34)37-6-2)30(33)32-26-17-15-23(35-3)19-28(26)39-27-18-16-24(20-29(27)36-4)38-21-22-12-10-8-11-13-22/h8,10-13,15-20,25H,5-7,9,14,21H2,1-4H3,(H,32,33). The molecule has 8 nitrogen and oxygen atoms in total. The zero-order chi connectivity index (χ0) is 28.0. The lowest BCUT2D eigenvalue weighted by Gasteiger charge is -2.19. The molecule has 1 amide bonds. The number of hydrogen-bond acceptors (Lipinski definition) is 7. The summed E-state index contributed by atoms with van der Waals surface area (Å²) in [6.45, 7) is 4.41. The Morgan fingerprint density at radius 3 is 2.26 bits per heavy atom. The van der Waals surface area contributed by atoms with Gasteiger partial charge >= 0.3 is 5.97 Å². The highest BCUT2D eigenvalue weighted by Gasteiger charge is 2.28. The number of amides is 1. The molecule has 3 aromatic rings. The van der Waals surface area contributed by atoms with Crippen LogP contribution in [-0.4, -0.2) is 32.7 Å². The number of esters is 1. The maximum atomic E-state index is 13.2. The summed E-state index contributed by atoms with van der Waals surface area (Å²) in [6.07, 6.45) is 3.05. The highest BCUT2D eigenvalue weighted by Crippen LogP contribution is 2.39. The van der Waals surface area contributed by atoms with Gasteiger partial charge in [0.1, 0.15) is 24.0 Å². The van der Waals surface area contributed by atoms with Crippen molar-refractivity contribution in [3.05, 3.63) is 72.3 Å². The third-order valence-electron chi connectivity index (χ3n) is 6.03. The first-order chi connectivity index (χ1) is 19.0. The fraction of sp³-hybridized carbons (Fsp3) is 0.355. The first kappa shape index (κ1) is 29.4. The Morgan fingerprint density at radius 1 is 0.821 bits per heavy atom. The SMILES string of the molecule is CCCCCC(C(=O)Nc1ccc(OC)cc1Oc1ccc(OCc2ccccc2)cc1OC)C(=O)OCC. The molecule has 3 aromatic carbocycles. The van der Waals surface area contributed by atoms with Crippen LogP contribution >= 0.6 is 0 Å². The van der Waals surface area contributed by atoms with Gasteiger partial charge in [-0.05, 0) is 43.2 Å². The predicted octanol–water partition coefficient (Wildman–Crippen LogP) is 6.77. The lowest BCUT2D eigenvalue weighted by Crippen LogP contribution is -2.31. The molecule has 1 unspecified atom stereocenters. The van der Waals surface area contributed by atoms with Crippen molar-refractivity contribution in [1.29, 1.82) is 0 Å². The fourth-order valence-electron chi connectivity index (χ4n) is 3.92. The number of anilines is 1. The van der Waals surface area contributed by atoms with Crippen LogP contribution in [0.5, 0.6) is 28.7 Å². The van der Waals surface area contributed by atoms with Gasteiger partial charge in [0.15, 0.2) is 17.2 Å². The van der Waals surface area contributed by atoms with E-state index in [1.165, 1.54) is 7.11 Å². The monoisotopic (exact) mass is 535 g/mol. The number of rotatable bonds is 15. The van der Waals surface area contributed by atoms with Crippen molar-refractivity contribution in [2.24, 2.45) is 5.92 Å². The third kappa shape index (κ3) is 8.67. The second-order valence-corrected chi connectivity index (χ2v) is 8.84. The molecule has 0 fully saturated rings. The molecule has 1 N–H and O–H groups in total.